The van der Waals surface area contributed by atoms with Crippen molar-refractivity contribution in [3.63, 3.8) is 0 Å². The van der Waals surface area contributed by atoms with Gasteiger partial charge in [0, 0.05) is 18.4 Å². The van der Waals surface area contributed by atoms with Crippen LogP contribution in [0.5, 0.6) is 0 Å². The molecule has 0 spiro atoms. The molecule has 1 aliphatic carbocycles. The van der Waals surface area contributed by atoms with E-state index >= 15 is 0 Å². The molecule has 1 amide bonds. The van der Waals surface area contributed by atoms with E-state index in [1.54, 1.807) is 0 Å². The van der Waals surface area contributed by atoms with Gasteiger partial charge in [0.15, 0.2) is 0 Å². The predicted octanol–water partition coefficient (Wildman–Crippen LogP) is 3.84. The lowest BCUT2D eigenvalue weighted by Gasteiger charge is -2.18. The highest BCUT2D eigenvalue weighted by Crippen LogP contribution is 2.44. The van der Waals surface area contributed by atoms with E-state index in [0.717, 1.165) is 22.3 Å². The first-order chi connectivity index (χ1) is 13.9. The van der Waals surface area contributed by atoms with Crippen LogP contribution in [0.1, 0.15) is 37.3 Å². The first-order valence-corrected chi connectivity index (χ1v) is 9.74. The standard InChI is InChI=1S/C23H25NO5/c1-14(2)11-15(21(25)22(26)27)12-24-23(28)29-13-20-18-9-5-3-7-16(18)17-8-4-6-10-19(17)20/h3-10,14-15,20H,11-13H2,1-2H3,(H,24,28)(H,26,27)/t15-/m0/s1. The number of ketones is 1. The van der Waals surface area contributed by atoms with Crippen molar-refractivity contribution < 1.29 is 24.2 Å². The number of alkyl carbamates (subject to hydrolysis) is 1. The number of ether oxygens (including phenoxy) is 1. The first-order valence-electron chi connectivity index (χ1n) is 9.74. The minimum atomic E-state index is -1.48. The van der Waals surface area contributed by atoms with Gasteiger partial charge < -0.3 is 15.2 Å². The summed E-state index contributed by atoms with van der Waals surface area (Å²) in [6, 6.07) is 16.1. The van der Waals surface area contributed by atoms with Gasteiger partial charge in [0.25, 0.3) is 0 Å². The minimum Gasteiger partial charge on any atom is -0.475 e. The molecule has 0 fully saturated rings. The summed E-state index contributed by atoms with van der Waals surface area (Å²) >= 11 is 0. The molecule has 1 atom stereocenters. The van der Waals surface area contributed by atoms with Crippen LogP contribution in [-0.4, -0.2) is 36.1 Å². The zero-order chi connectivity index (χ0) is 21.0. The van der Waals surface area contributed by atoms with Crippen LogP contribution in [0.2, 0.25) is 0 Å². The molecule has 0 radical (unpaired) electrons. The third-order valence-electron chi connectivity index (χ3n) is 5.17. The number of rotatable bonds is 8. The van der Waals surface area contributed by atoms with Crippen molar-refractivity contribution in [2.75, 3.05) is 13.2 Å². The van der Waals surface area contributed by atoms with Gasteiger partial charge in [-0.15, -0.1) is 0 Å². The van der Waals surface area contributed by atoms with E-state index in [2.05, 4.69) is 17.4 Å². The van der Waals surface area contributed by atoms with Gasteiger partial charge in [0.2, 0.25) is 5.78 Å². The summed E-state index contributed by atoms with van der Waals surface area (Å²) in [5.41, 5.74) is 4.50. The van der Waals surface area contributed by atoms with Crippen molar-refractivity contribution in [1.29, 1.82) is 0 Å². The second-order valence-corrected chi connectivity index (χ2v) is 7.70. The van der Waals surface area contributed by atoms with Gasteiger partial charge >= 0.3 is 12.1 Å². The monoisotopic (exact) mass is 395 g/mol. The van der Waals surface area contributed by atoms with E-state index < -0.39 is 23.8 Å². The van der Waals surface area contributed by atoms with E-state index in [9.17, 15) is 14.4 Å². The fourth-order valence-corrected chi connectivity index (χ4v) is 3.88. The molecule has 0 unspecified atom stereocenters. The fraction of sp³-hybridized carbons (Fsp3) is 0.348. The van der Waals surface area contributed by atoms with E-state index in [-0.39, 0.29) is 25.0 Å². The highest BCUT2D eigenvalue weighted by Gasteiger charge is 2.30. The number of benzene rings is 2. The molecule has 1 aliphatic rings. The lowest BCUT2D eigenvalue weighted by Crippen LogP contribution is -2.37. The summed E-state index contributed by atoms with van der Waals surface area (Å²) in [5.74, 6) is -3.07. The minimum absolute atomic E-state index is 0.0553. The Morgan fingerprint density at radius 1 is 1.00 bits per heavy atom. The molecule has 0 aromatic heterocycles. The Kier molecular flexibility index (Phi) is 6.32. The summed E-state index contributed by atoms with van der Waals surface area (Å²) < 4.78 is 5.43. The maximum absolute atomic E-state index is 12.2. The van der Waals surface area contributed by atoms with Crippen LogP contribution < -0.4 is 5.32 Å². The number of carbonyl (C=O) groups is 3. The number of nitrogens with one attached hydrogen (secondary N) is 1. The molecular formula is C23H25NO5. The molecule has 0 saturated heterocycles. The zero-order valence-electron chi connectivity index (χ0n) is 16.6. The number of carboxylic acids is 1. The Morgan fingerprint density at radius 2 is 1.55 bits per heavy atom. The Balaban J connectivity index is 1.62. The van der Waals surface area contributed by atoms with Crippen molar-refractivity contribution in [3.05, 3.63) is 59.7 Å². The van der Waals surface area contributed by atoms with Crippen molar-refractivity contribution in [3.8, 4) is 11.1 Å². The molecule has 152 valence electrons. The largest absolute Gasteiger partial charge is 0.475 e. The molecule has 2 aromatic rings. The van der Waals surface area contributed by atoms with Crippen LogP contribution >= 0.6 is 0 Å². The molecule has 0 aliphatic heterocycles. The summed E-state index contributed by atoms with van der Waals surface area (Å²) in [6.45, 7) is 3.91. The van der Waals surface area contributed by atoms with Crippen LogP contribution in [0.25, 0.3) is 11.1 Å². The van der Waals surface area contributed by atoms with Gasteiger partial charge in [-0.2, -0.15) is 0 Å². The van der Waals surface area contributed by atoms with Crippen LogP contribution in [0.4, 0.5) is 4.79 Å². The molecule has 2 N–H and O–H groups in total. The molecule has 3 rings (SSSR count). The number of hydrogen-bond donors (Lipinski definition) is 2. The third kappa shape index (κ3) is 4.65. The molecule has 0 bridgehead atoms. The SMILES string of the molecule is CC(C)C[C@@H](CNC(=O)OCC1c2ccccc2-c2ccccc21)C(=O)C(=O)O. The Morgan fingerprint density at radius 3 is 2.07 bits per heavy atom. The molecule has 6 heteroatoms. The summed E-state index contributed by atoms with van der Waals surface area (Å²) in [6.07, 6.45) is -0.270. The van der Waals surface area contributed by atoms with Gasteiger partial charge in [0.1, 0.15) is 6.61 Å². The number of Topliss-reactive ketones (excluding diaryl/α,β-unsaturated/α-hetero) is 1. The molecule has 2 aromatic carbocycles. The van der Waals surface area contributed by atoms with Crippen LogP contribution in [-0.2, 0) is 14.3 Å². The molecular weight excluding hydrogens is 370 g/mol. The highest BCUT2D eigenvalue weighted by atomic mass is 16.5. The average molecular weight is 395 g/mol. The van der Waals surface area contributed by atoms with Crippen molar-refractivity contribution in [2.45, 2.75) is 26.2 Å². The van der Waals surface area contributed by atoms with Crippen molar-refractivity contribution >= 4 is 17.8 Å². The van der Waals surface area contributed by atoms with Gasteiger partial charge in [-0.05, 0) is 34.6 Å². The van der Waals surface area contributed by atoms with Gasteiger partial charge in [-0.3, -0.25) is 4.79 Å². The van der Waals surface area contributed by atoms with E-state index in [4.69, 9.17) is 9.84 Å². The zero-order valence-corrected chi connectivity index (χ0v) is 16.6. The third-order valence-corrected chi connectivity index (χ3v) is 5.17. The number of hydrogen-bond acceptors (Lipinski definition) is 4. The molecule has 6 nitrogen and oxygen atoms in total. The van der Waals surface area contributed by atoms with Crippen LogP contribution in [0.3, 0.4) is 0 Å². The lowest BCUT2D eigenvalue weighted by atomic mass is 9.93. The normalized spacial score (nSPS) is 13.5. The van der Waals surface area contributed by atoms with E-state index in [0.29, 0.717) is 6.42 Å². The Hall–Kier alpha value is -3.15. The van der Waals surface area contributed by atoms with Gasteiger partial charge in [-0.25, -0.2) is 9.59 Å². The highest BCUT2D eigenvalue weighted by molar-refractivity contribution is 6.33. The number of fused-ring (bicyclic) bond motifs is 3. The maximum atomic E-state index is 12.2. The number of amides is 1. The van der Waals surface area contributed by atoms with Gasteiger partial charge in [0.05, 0.1) is 0 Å². The smallest absolute Gasteiger partial charge is 0.407 e. The predicted molar refractivity (Wildman–Crippen MR) is 109 cm³/mol. The van der Waals surface area contributed by atoms with E-state index in [1.807, 2.05) is 50.2 Å². The summed E-state index contributed by atoms with van der Waals surface area (Å²) in [4.78, 5) is 35.1. The molecule has 0 heterocycles. The number of carbonyl (C=O) groups excluding carboxylic acids is 2. The lowest BCUT2D eigenvalue weighted by molar-refractivity contribution is -0.151. The average Bonchev–Trinajstić information content (AvgIpc) is 3.02. The topological polar surface area (TPSA) is 92.7 Å². The van der Waals surface area contributed by atoms with Gasteiger partial charge in [-0.1, -0.05) is 62.4 Å². The maximum Gasteiger partial charge on any atom is 0.407 e. The summed E-state index contributed by atoms with van der Waals surface area (Å²) in [5, 5.41) is 11.5. The molecule has 29 heavy (non-hydrogen) atoms. The molecule has 0 saturated carbocycles. The second-order valence-electron chi connectivity index (χ2n) is 7.70. The van der Waals surface area contributed by atoms with Crippen LogP contribution in [0.15, 0.2) is 48.5 Å². The van der Waals surface area contributed by atoms with Crippen LogP contribution in [0, 0.1) is 11.8 Å². The summed E-state index contributed by atoms with van der Waals surface area (Å²) in [7, 11) is 0. The van der Waals surface area contributed by atoms with E-state index in [1.165, 1.54) is 0 Å². The Labute approximate surface area is 169 Å². The quantitative estimate of drug-likeness (QED) is 0.663. The second kappa shape index (κ2) is 8.90. The first kappa shape index (κ1) is 20.6. The van der Waals surface area contributed by atoms with Crippen molar-refractivity contribution in [2.24, 2.45) is 11.8 Å². The fourth-order valence-electron chi connectivity index (χ4n) is 3.88. The number of carboxylic acid groups (broad SMARTS) is 1. The number of aliphatic carboxylic acids is 1. The van der Waals surface area contributed by atoms with Crippen molar-refractivity contribution in [1.82, 2.24) is 5.32 Å². The Bertz CT molecular complexity index is 875.